The molecule has 1 unspecified atom stereocenters. The Morgan fingerprint density at radius 1 is 1.26 bits per heavy atom. The van der Waals surface area contributed by atoms with Crippen LogP contribution in [0.2, 0.25) is 0 Å². The summed E-state index contributed by atoms with van der Waals surface area (Å²) < 4.78 is 18.2. The van der Waals surface area contributed by atoms with Crippen LogP contribution in [0, 0.1) is 19.8 Å². The summed E-state index contributed by atoms with van der Waals surface area (Å²) in [6.45, 7) is 6.48. The summed E-state index contributed by atoms with van der Waals surface area (Å²) in [5, 5.41) is 4.49. The maximum Gasteiger partial charge on any atom is 0.231 e. The molecule has 0 radical (unpaired) electrons. The molecular weight excluding hydrogens is 346 g/mol. The number of fused-ring (bicyclic) bond motifs is 1. The molecular formula is C20H25N3O4. The Morgan fingerprint density at radius 3 is 2.78 bits per heavy atom. The second-order valence-electron chi connectivity index (χ2n) is 7.22. The average molecular weight is 371 g/mol. The van der Waals surface area contributed by atoms with Crippen LogP contribution in [-0.2, 0) is 29.7 Å². The third-order valence-corrected chi connectivity index (χ3v) is 5.41. The Kier molecular flexibility index (Phi) is 4.78. The topological polar surface area (TPSA) is 65.8 Å². The van der Waals surface area contributed by atoms with Crippen molar-refractivity contribution in [1.29, 1.82) is 0 Å². The zero-order valence-corrected chi connectivity index (χ0v) is 16.0. The van der Waals surface area contributed by atoms with Crippen molar-refractivity contribution in [1.82, 2.24) is 14.7 Å². The first kappa shape index (κ1) is 17.9. The molecule has 0 saturated carbocycles. The Hall–Kier alpha value is -2.54. The van der Waals surface area contributed by atoms with Gasteiger partial charge in [-0.3, -0.25) is 9.48 Å². The molecule has 1 saturated heterocycles. The molecule has 1 aromatic carbocycles. The maximum atomic E-state index is 13.2. The van der Waals surface area contributed by atoms with Gasteiger partial charge in [0, 0.05) is 38.0 Å². The molecule has 0 bridgehead atoms. The molecule has 7 heteroatoms. The number of nitrogens with zero attached hydrogens (tertiary/aromatic N) is 3. The van der Waals surface area contributed by atoms with E-state index in [4.69, 9.17) is 14.2 Å². The molecule has 2 aliphatic heterocycles. The number of aromatic nitrogens is 2. The predicted octanol–water partition coefficient (Wildman–Crippen LogP) is 2.33. The maximum absolute atomic E-state index is 13.2. The van der Waals surface area contributed by atoms with Gasteiger partial charge in [0.15, 0.2) is 11.5 Å². The second-order valence-corrected chi connectivity index (χ2v) is 7.22. The van der Waals surface area contributed by atoms with Gasteiger partial charge >= 0.3 is 0 Å². The lowest BCUT2D eigenvalue weighted by molar-refractivity contribution is -0.136. The van der Waals surface area contributed by atoms with Gasteiger partial charge in [0.25, 0.3) is 0 Å². The van der Waals surface area contributed by atoms with Crippen LogP contribution in [0.25, 0.3) is 0 Å². The number of amides is 1. The summed E-state index contributed by atoms with van der Waals surface area (Å²) in [4.78, 5) is 15.1. The van der Waals surface area contributed by atoms with Crippen molar-refractivity contribution in [3.63, 3.8) is 0 Å². The molecule has 3 heterocycles. The lowest BCUT2D eigenvalue weighted by atomic mass is 10.1. The quantitative estimate of drug-likeness (QED) is 0.807. The summed E-state index contributed by atoms with van der Waals surface area (Å²) >= 11 is 0. The first-order valence-electron chi connectivity index (χ1n) is 9.27. The number of hydrogen-bond donors (Lipinski definition) is 0. The van der Waals surface area contributed by atoms with E-state index in [2.05, 4.69) is 5.10 Å². The fraction of sp³-hybridized carbons (Fsp3) is 0.500. The first-order valence-corrected chi connectivity index (χ1v) is 9.27. The highest BCUT2D eigenvalue weighted by atomic mass is 16.7. The van der Waals surface area contributed by atoms with Crippen LogP contribution in [0.3, 0.4) is 0 Å². The van der Waals surface area contributed by atoms with Crippen LogP contribution in [0.15, 0.2) is 18.2 Å². The largest absolute Gasteiger partial charge is 0.454 e. The van der Waals surface area contributed by atoms with E-state index in [1.54, 1.807) is 0 Å². The Labute approximate surface area is 158 Å². The molecule has 2 aromatic rings. The standard InChI is InChI=1S/C20H25N3O4/c1-13-17(14(2)22(3)21-13)10-23(20(24)16-6-7-25-11-16)9-15-4-5-18-19(8-15)27-12-26-18/h4-5,8,16H,6-7,9-12H2,1-3H3. The molecule has 0 aliphatic carbocycles. The summed E-state index contributed by atoms with van der Waals surface area (Å²) in [7, 11) is 1.93. The van der Waals surface area contributed by atoms with Crippen LogP contribution in [0.1, 0.15) is 28.9 Å². The third-order valence-electron chi connectivity index (χ3n) is 5.41. The van der Waals surface area contributed by atoms with Crippen molar-refractivity contribution in [3.05, 3.63) is 40.7 Å². The minimum Gasteiger partial charge on any atom is -0.454 e. The SMILES string of the molecule is Cc1nn(C)c(C)c1CN(Cc1ccc2c(c1)OCO2)C(=O)C1CCOC1. The number of hydrogen-bond acceptors (Lipinski definition) is 5. The Morgan fingerprint density at radius 2 is 2.07 bits per heavy atom. The van der Waals surface area contributed by atoms with E-state index in [0.29, 0.717) is 26.3 Å². The molecule has 2 aliphatic rings. The highest BCUT2D eigenvalue weighted by Gasteiger charge is 2.29. The molecule has 1 atom stereocenters. The number of rotatable bonds is 5. The molecule has 0 spiro atoms. The first-order chi connectivity index (χ1) is 13.0. The van der Waals surface area contributed by atoms with Crippen LogP contribution < -0.4 is 9.47 Å². The third kappa shape index (κ3) is 3.51. The van der Waals surface area contributed by atoms with Gasteiger partial charge in [-0.15, -0.1) is 0 Å². The van der Waals surface area contributed by atoms with Gasteiger partial charge in [-0.25, -0.2) is 0 Å². The lowest BCUT2D eigenvalue weighted by Gasteiger charge is -2.26. The summed E-state index contributed by atoms with van der Waals surface area (Å²) in [5.74, 6) is 1.54. The van der Waals surface area contributed by atoms with Gasteiger partial charge in [0.05, 0.1) is 18.2 Å². The fourth-order valence-corrected chi connectivity index (χ4v) is 3.70. The summed E-state index contributed by atoms with van der Waals surface area (Å²) in [6, 6.07) is 5.85. The molecule has 7 nitrogen and oxygen atoms in total. The van der Waals surface area contributed by atoms with Gasteiger partial charge in [0.2, 0.25) is 12.7 Å². The van der Waals surface area contributed by atoms with Gasteiger partial charge in [-0.05, 0) is 38.0 Å². The van der Waals surface area contributed by atoms with Gasteiger partial charge in [-0.1, -0.05) is 6.07 Å². The van der Waals surface area contributed by atoms with Crippen molar-refractivity contribution in [2.24, 2.45) is 13.0 Å². The van der Waals surface area contributed by atoms with Crippen LogP contribution >= 0.6 is 0 Å². The molecule has 1 aromatic heterocycles. The van der Waals surface area contributed by atoms with Crippen LogP contribution in [0.5, 0.6) is 11.5 Å². The van der Waals surface area contributed by atoms with Crippen molar-refractivity contribution >= 4 is 5.91 Å². The highest BCUT2D eigenvalue weighted by Crippen LogP contribution is 2.33. The van der Waals surface area contributed by atoms with E-state index in [1.165, 1.54) is 0 Å². The predicted molar refractivity (Wildman–Crippen MR) is 98.4 cm³/mol. The molecule has 144 valence electrons. The minimum atomic E-state index is -0.0729. The van der Waals surface area contributed by atoms with Gasteiger partial charge in [-0.2, -0.15) is 5.10 Å². The van der Waals surface area contributed by atoms with E-state index in [-0.39, 0.29) is 18.6 Å². The van der Waals surface area contributed by atoms with E-state index >= 15 is 0 Å². The van der Waals surface area contributed by atoms with E-state index < -0.39 is 0 Å². The molecule has 0 N–H and O–H groups in total. The summed E-state index contributed by atoms with van der Waals surface area (Å²) in [6.07, 6.45) is 0.779. The van der Waals surface area contributed by atoms with Crippen LogP contribution in [0.4, 0.5) is 0 Å². The highest BCUT2D eigenvalue weighted by molar-refractivity contribution is 5.79. The monoisotopic (exact) mass is 371 g/mol. The number of carbonyl (C=O) groups is 1. The second kappa shape index (κ2) is 7.23. The Balaban J connectivity index is 1.60. The average Bonchev–Trinajstić information content (AvgIpc) is 3.38. The molecule has 1 amide bonds. The van der Waals surface area contributed by atoms with Crippen molar-refractivity contribution in [3.8, 4) is 11.5 Å². The van der Waals surface area contributed by atoms with Crippen molar-refractivity contribution in [2.45, 2.75) is 33.4 Å². The molecule has 1 fully saturated rings. The van der Waals surface area contributed by atoms with Crippen LogP contribution in [-0.4, -0.2) is 40.6 Å². The normalized spacial score (nSPS) is 18.1. The zero-order chi connectivity index (χ0) is 19.0. The smallest absolute Gasteiger partial charge is 0.231 e. The number of aryl methyl sites for hydroxylation is 2. The zero-order valence-electron chi connectivity index (χ0n) is 16.0. The molecule has 27 heavy (non-hydrogen) atoms. The van der Waals surface area contributed by atoms with E-state index in [1.807, 2.05) is 48.7 Å². The fourth-order valence-electron chi connectivity index (χ4n) is 3.70. The van der Waals surface area contributed by atoms with Gasteiger partial charge < -0.3 is 19.1 Å². The lowest BCUT2D eigenvalue weighted by Crippen LogP contribution is -2.36. The van der Waals surface area contributed by atoms with E-state index in [9.17, 15) is 4.79 Å². The van der Waals surface area contributed by atoms with Crippen molar-refractivity contribution in [2.75, 3.05) is 20.0 Å². The van der Waals surface area contributed by atoms with Gasteiger partial charge in [0.1, 0.15) is 0 Å². The van der Waals surface area contributed by atoms with Crippen molar-refractivity contribution < 1.29 is 19.0 Å². The minimum absolute atomic E-state index is 0.0729. The van der Waals surface area contributed by atoms with E-state index in [0.717, 1.165) is 40.4 Å². The molecule has 4 rings (SSSR count). The number of benzene rings is 1. The number of ether oxygens (including phenoxy) is 3. The Bertz CT molecular complexity index is 855. The number of carbonyl (C=O) groups excluding carboxylic acids is 1. The summed E-state index contributed by atoms with van der Waals surface area (Å²) in [5.41, 5.74) is 4.16.